The van der Waals surface area contributed by atoms with Crippen LogP contribution < -0.4 is 0 Å². The molecule has 0 spiro atoms. The topological polar surface area (TPSA) is 0 Å². The van der Waals surface area contributed by atoms with Gasteiger partial charge in [0.2, 0.25) is 0 Å². The Hall–Kier alpha value is -3.38. The number of fused-ring (bicyclic) bond motifs is 3. The van der Waals surface area contributed by atoms with E-state index in [1.807, 2.05) is 0 Å². The fraction of sp³-hybridized carbons (Fsp3) is 0.0370. The van der Waals surface area contributed by atoms with Crippen LogP contribution in [0.15, 0.2) is 109 Å². The number of benzene rings is 5. The highest BCUT2D eigenvalue weighted by Crippen LogP contribution is 2.36. The van der Waals surface area contributed by atoms with Crippen molar-refractivity contribution >= 4 is 21.5 Å². The third-order valence-corrected chi connectivity index (χ3v) is 5.31. The summed E-state index contributed by atoms with van der Waals surface area (Å²) in [5, 5.41) is 5.25. The predicted octanol–water partition coefficient (Wildman–Crippen LogP) is 7.25. The molecule has 0 N–H and O–H groups in total. The van der Waals surface area contributed by atoms with Crippen LogP contribution in [0.5, 0.6) is 0 Å². The van der Waals surface area contributed by atoms with Gasteiger partial charge >= 0.3 is 0 Å². The van der Waals surface area contributed by atoms with E-state index in [2.05, 4.69) is 109 Å². The molecule has 5 aromatic rings. The summed E-state index contributed by atoms with van der Waals surface area (Å²) in [6.07, 6.45) is 0.943. The Morgan fingerprint density at radius 3 is 1.93 bits per heavy atom. The molecule has 0 amide bonds. The molecular formula is C27H20. The standard InChI is InChI=1S/C27H20/c1-2-10-20(11-3-1)18-21-12-4-7-15-24(21)27-19-22-13-5-6-14-23(22)25-16-8-9-17-26(25)27/h1-17,19H,18H2. The zero-order valence-corrected chi connectivity index (χ0v) is 15.1. The first-order valence-electron chi connectivity index (χ1n) is 9.43. The van der Waals surface area contributed by atoms with Gasteiger partial charge in [0.05, 0.1) is 0 Å². The van der Waals surface area contributed by atoms with E-state index in [4.69, 9.17) is 0 Å². The minimum Gasteiger partial charge on any atom is -0.0622 e. The second-order valence-corrected chi connectivity index (χ2v) is 7.01. The third-order valence-electron chi connectivity index (χ3n) is 5.31. The molecule has 0 aliphatic heterocycles. The third kappa shape index (κ3) is 2.90. The van der Waals surface area contributed by atoms with E-state index in [1.54, 1.807) is 0 Å². The predicted molar refractivity (Wildman–Crippen MR) is 116 cm³/mol. The summed E-state index contributed by atoms with van der Waals surface area (Å²) in [5.41, 5.74) is 5.35. The van der Waals surface area contributed by atoms with E-state index in [1.165, 1.54) is 43.8 Å². The van der Waals surface area contributed by atoms with Crippen LogP contribution in [-0.4, -0.2) is 0 Å². The molecule has 27 heavy (non-hydrogen) atoms. The monoisotopic (exact) mass is 344 g/mol. The Morgan fingerprint density at radius 1 is 0.444 bits per heavy atom. The molecule has 5 rings (SSSR count). The van der Waals surface area contributed by atoms with Crippen LogP contribution in [-0.2, 0) is 6.42 Å². The van der Waals surface area contributed by atoms with Crippen LogP contribution in [0.1, 0.15) is 11.1 Å². The first-order valence-corrected chi connectivity index (χ1v) is 9.43. The molecule has 128 valence electrons. The summed E-state index contributed by atoms with van der Waals surface area (Å²) in [4.78, 5) is 0. The molecule has 0 fully saturated rings. The number of rotatable bonds is 3. The molecule has 0 heteroatoms. The fourth-order valence-electron chi connectivity index (χ4n) is 4.03. The van der Waals surface area contributed by atoms with Gasteiger partial charge in [-0.15, -0.1) is 0 Å². The average molecular weight is 344 g/mol. The molecule has 0 saturated carbocycles. The van der Waals surface area contributed by atoms with Crippen molar-refractivity contribution in [3.63, 3.8) is 0 Å². The fourth-order valence-corrected chi connectivity index (χ4v) is 4.03. The molecular weight excluding hydrogens is 324 g/mol. The van der Waals surface area contributed by atoms with Crippen LogP contribution in [0.2, 0.25) is 0 Å². The van der Waals surface area contributed by atoms with Gasteiger partial charge in [-0.3, -0.25) is 0 Å². The summed E-state index contributed by atoms with van der Waals surface area (Å²) >= 11 is 0. The van der Waals surface area contributed by atoms with Gasteiger partial charge in [0.1, 0.15) is 0 Å². The Kier molecular flexibility index (Phi) is 3.95. The van der Waals surface area contributed by atoms with Gasteiger partial charge in [0.25, 0.3) is 0 Å². The molecule has 0 bridgehead atoms. The second kappa shape index (κ2) is 6.74. The maximum Gasteiger partial charge on any atom is -0.00196 e. The van der Waals surface area contributed by atoms with E-state index in [0.29, 0.717) is 0 Å². The molecule has 0 radical (unpaired) electrons. The van der Waals surface area contributed by atoms with Crippen LogP contribution >= 0.6 is 0 Å². The van der Waals surface area contributed by atoms with Gasteiger partial charge in [0, 0.05) is 0 Å². The Morgan fingerprint density at radius 2 is 1.07 bits per heavy atom. The maximum atomic E-state index is 2.35. The highest BCUT2D eigenvalue weighted by atomic mass is 14.1. The summed E-state index contributed by atoms with van der Waals surface area (Å²) in [5.74, 6) is 0. The van der Waals surface area contributed by atoms with Crippen molar-refractivity contribution in [3.05, 3.63) is 120 Å². The highest BCUT2D eigenvalue weighted by molar-refractivity contribution is 6.13. The van der Waals surface area contributed by atoms with Crippen molar-refractivity contribution in [1.82, 2.24) is 0 Å². The van der Waals surface area contributed by atoms with Gasteiger partial charge in [-0.1, -0.05) is 103 Å². The second-order valence-electron chi connectivity index (χ2n) is 7.01. The largest absolute Gasteiger partial charge is 0.0622 e. The summed E-state index contributed by atoms with van der Waals surface area (Å²) < 4.78 is 0. The quantitative estimate of drug-likeness (QED) is 0.302. The van der Waals surface area contributed by atoms with E-state index < -0.39 is 0 Å². The van der Waals surface area contributed by atoms with Gasteiger partial charge < -0.3 is 0 Å². The number of hydrogen-bond donors (Lipinski definition) is 0. The lowest BCUT2D eigenvalue weighted by molar-refractivity contribution is 1.20. The van der Waals surface area contributed by atoms with Gasteiger partial charge in [-0.2, -0.15) is 0 Å². The van der Waals surface area contributed by atoms with Crippen LogP contribution in [0.25, 0.3) is 32.7 Å². The zero-order valence-electron chi connectivity index (χ0n) is 15.1. The molecule has 0 saturated heterocycles. The first kappa shape index (κ1) is 15.8. The lowest BCUT2D eigenvalue weighted by atomic mass is 9.89. The maximum absolute atomic E-state index is 2.35. The van der Waals surface area contributed by atoms with Crippen molar-refractivity contribution in [1.29, 1.82) is 0 Å². The molecule has 0 unspecified atom stereocenters. The molecule has 0 atom stereocenters. The molecule has 5 aromatic carbocycles. The van der Waals surface area contributed by atoms with E-state index in [9.17, 15) is 0 Å². The number of hydrogen-bond acceptors (Lipinski definition) is 0. The van der Waals surface area contributed by atoms with Crippen LogP contribution in [0.4, 0.5) is 0 Å². The van der Waals surface area contributed by atoms with Crippen molar-refractivity contribution < 1.29 is 0 Å². The van der Waals surface area contributed by atoms with Crippen LogP contribution in [0, 0.1) is 0 Å². The van der Waals surface area contributed by atoms with Gasteiger partial charge in [-0.05, 0) is 56.3 Å². The Balaban J connectivity index is 1.76. The lowest BCUT2D eigenvalue weighted by Crippen LogP contribution is -1.93. The zero-order chi connectivity index (χ0) is 18.1. The molecule has 0 heterocycles. The van der Waals surface area contributed by atoms with Gasteiger partial charge in [-0.25, -0.2) is 0 Å². The smallest absolute Gasteiger partial charge is 0.00196 e. The summed E-state index contributed by atoms with van der Waals surface area (Å²) in [7, 11) is 0. The average Bonchev–Trinajstić information content (AvgIpc) is 2.74. The molecule has 0 nitrogen and oxygen atoms in total. The normalized spacial score (nSPS) is 11.1. The van der Waals surface area contributed by atoms with Crippen molar-refractivity contribution in [3.8, 4) is 11.1 Å². The minimum atomic E-state index is 0.943. The van der Waals surface area contributed by atoms with Crippen molar-refractivity contribution in [2.24, 2.45) is 0 Å². The van der Waals surface area contributed by atoms with E-state index >= 15 is 0 Å². The van der Waals surface area contributed by atoms with Crippen molar-refractivity contribution in [2.45, 2.75) is 6.42 Å². The van der Waals surface area contributed by atoms with E-state index in [-0.39, 0.29) is 0 Å². The molecule has 0 aliphatic rings. The van der Waals surface area contributed by atoms with E-state index in [0.717, 1.165) is 6.42 Å². The highest BCUT2D eigenvalue weighted by Gasteiger charge is 2.11. The first-order chi connectivity index (χ1) is 13.4. The lowest BCUT2D eigenvalue weighted by Gasteiger charge is -2.15. The molecule has 0 aliphatic carbocycles. The molecule has 0 aromatic heterocycles. The Bertz CT molecular complexity index is 1230. The summed E-state index contributed by atoms with van der Waals surface area (Å²) in [6.45, 7) is 0. The van der Waals surface area contributed by atoms with Gasteiger partial charge in [0.15, 0.2) is 0 Å². The van der Waals surface area contributed by atoms with Crippen molar-refractivity contribution in [2.75, 3.05) is 0 Å². The summed E-state index contributed by atoms with van der Waals surface area (Å²) in [6, 6.07) is 39.3. The SMILES string of the molecule is c1ccc(Cc2ccccc2-c2cc3ccccc3c3ccccc23)cc1. The minimum absolute atomic E-state index is 0.943. The Labute approximate surface area is 159 Å². The van der Waals surface area contributed by atoms with Crippen LogP contribution in [0.3, 0.4) is 0 Å².